The van der Waals surface area contributed by atoms with Crippen LogP contribution in [0.25, 0.3) is 10.6 Å². The van der Waals surface area contributed by atoms with Crippen molar-refractivity contribution in [2.24, 2.45) is 0 Å². The lowest BCUT2D eigenvalue weighted by molar-refractivity contribution is 0.0701. The largest absolute Gasteiger partial charge is 0.496 e. The molecule has 0 radical (unpaired) electrons. The van der Waals surface area contributed by atoms with Gasteiger partial charge in [-0.1, -0.05) is 17.3 Å². The number of piperidine rings is 1. The molecular weight excluding hydrogens is 362 g/mol. The van der Waals surface area contributed by atoms with Crippen LogP contribution in [-0.4, -0.2) is 41.1 Å². The van der Waals surface area contributed by atoms with Crippen LogP contribution in [0, 0.1) is 6.92 Å². The first-order valence-corrected chi connectivity index (χ1v) is 9.85. The number of aryl methyl sites for hydroxylation is 1. The number of rotatable bonds is 4. The third-order valence-corrected chi connectivity index (χ3v) is 5.77. The van der Waals surface area contributed by atoms with E-state index in [1.54, 1.807) is 7.11 Å². The molecule has 3 heterocycles. The van der Waals surface area contributed by atoms with E-state index in [1.807, 2.05) is 47.5 Å². The number of nitrogens with zero attached hydrogens (tertiary/aromatic N) is 3. The van der Waals surface area contributed by atoms with Gasteiger partial charge in [-0.15, -0.1) is 11.3 Å². The zero-order chi connectivity index (χ0) is 18.8. The second-order valence-corrected chi connectivity index (χ2v) is 7.53. The van der Waals surface area contributed by atoms with Crippen molar-refractivity contribution in [1.29, 1.82) is 0 Å². The first-order valence-electron chi connectivity index (χ1n) is 8.97. The third kappa shape index (κ3) is 3.60. The highest BCUT2D eigenvalue weighted by Gasteiger charge is 2.28. The standard InChI is InChI=1S/C20H21N3O3S/c1-13-11-18(26-22-13)14-7-9-23(10-8-14)20(24)16-12-27-19(21-16)15-5-3-4-6-17(15)25-2/h3-6,11-12,14H,7-10H2,1-2H3. The summed E-state index contributed by atoms with van der Waals surface area (Å²) in [6.45, 7) is 3.32. The second kappa shape index (κ2) is 7.52. The average molecular weight is 383 g/mol. The Labute approximate surface area is 161 Å². The number of ether oxygens (including phenoxy) is 1. The van der Waals surface area contributed by atoms with Crippen LogP contribution < -0.4 is 4.74 Å². The van der Waals surface area contributed by atoms with Gasteiger partial charge in [-0.3, -0.25) is 4.79 Å². The molecule has 1 aromatic carbocycles. The average Bonchev–Trinajstić information content (AvgIpc) is 3.37. The normalized spacial score (nSPS) is 15.1. The van der Waals surface area contributed by atoms with Crippen molar-refractivity contribution in [3.05, 3.63) is 52.9 Å². The van der Waals surface area contributed by atoms with Gasteiger partial charge in [-0.2, -0.15) is 0 Å². The number of para-hydroxylation sites is 1. The maximum Gasteiger partial charge on any atom is 0.273 e. The van der Waals surface area contributed by atoms with E-state index in [0.29, 0.717) is 24.7 Å². The summed E-state index contributed by atoms with van der Waals surface area (Å²) in [6, 6.07) is 9.70. The summed E-state index contributed by atoms with van der Waals surface area (Å²) in [6.07, 6.45) is 1.76. The fraction of sp³-hybridized carbons (Fsp3) is 0.350. The highest BCUT2D eigenvalue weighted by Crippen LogP contribution is 2.33. The first-order chi connectivity index (χ1) is 13.2. The number of amides is 1. The molecule has 0 aliphatic carbocycles. The molecule has 27 heavy (non-hydrogen) atoms. The van der Waals surface area contributed by atoms with Crippen molar-refractivity contribution in [1.82, 2.24) is 15.0 Å². The minimum Gasteiger partial charge on any atom is -0.496 e. The van der Waals surface area contributed by atoms with E-state index >= 15 is 0 Å². The fourth-order valence-corrected chi connectivity index (χ4v) is 4.25. The Morgan fingerprint density at radius 1 is 1.30 bits per heavy atom. The lowest BCUT2D eigenvalue weighted by Gasteiger charge is -2.30. The molecule has 140 valence electrons. The molecule has 0 bridgehead atoms. The molecule has 3 aromatic rings. The lowest BCUT2D eigenvalue weighted by Crippen LogP contribution is -2.38. The summed E-state index contributed by atoms with van der Waals surface area (Å²) in [7, 11) is 1.64. The van der Waals surface area contributed by atoms with Gasteiger partial charge in [-0.05, 0) is 31.9 Å². The topological polar surface area (TPSA) is 68.5 Å². The van der Waals surface area contributed by atoms with E-state index in [0.717, 1.165) is 40.6 Å². The summed E-state index contributed by atoms with van der Waals surface area (Å²) in [5.74, 6) is 2.00. The Morgan fingerprint density at radius 3 is 2.78 bits per heavy atom. The minimum absolute atomic E-state index is 0.0143. The van der Waals surface area contributed by atoms with Gasteiger partial charge in [0.1, 0.15) is 22.2 Å². The van der Waals surface area contributed by atoms with Gasteiger partial charge in [0.2, 0.25) is 0 Å². The number of carbonyl (C=O) groups excluding carboxylic acids is 1. The molecular formula is C20H21N3O3S. The molecule has 1 aliphatic rings. The Bertz CT molecular complexity index is 941. The molecule has 1 fully saturated rings. The Hall–Kier alpha value is -2.67. The highest BCUT2D eigenvalue weighted by atomic mass is 32.1. The highest BCUT2D eigenvalue weighted by molar-refractivity contribution is 7.13. The van der Waals surface area contributed by atoms with Crippen LogP contribution in [0.5, 0.6) is 5.75 Å². The van der Waals surface area contributed by atoms with E-state index < -0.39 is 0 Å². The molecule has 7 heteroatoms. The van der Waals surface area contributed by atoms with Crippen LogP contribution >= 0.6 is 11.3 Å². The molecule has 0 N–H and O–H groups in total. The fourth-order valence-electron chi connectivity index (χ4n) is 3.42. The van der Waals surface area contributed by atoms with E-state index in [4.69, 9.17) is 9.26 Å². The number of thiazole rings is 1. The predicted octanol–water partition coefficient (Wildman–Crippen LogP) is 4.13. The molecule has 0 atom stereocenters. The lowest BCUT2D eigenvalue weighted by atomic mass is 9.94. The smallest absolute Gasteiger partial charge is 0.273 e. The van der Waals surface area contributed by atoms with Crippen molar-refractivity contribution in [3.8, 4) is 16.3 Å². The number of benzene rings is 1. The summed E-state index contributed by atoms with van der Waals surface area (Å²) < 4.78 is 10.8. The van der Waals surface area contributed by atoms with Crippen molar-refractivity contribution in [2.45, 2.75) is 25.7 Å². The summed E-state index contributed by atoms with van der Waals surface area (Å²) in [4.78, 5) is 19.3. The van der Waals surface area contributed by atoms with Crippen LogP contribution in [0.4, 0.5) is 0 Å². The molecule has 1 amide bonds. The van der Waals surface area contributed by atoms with Crippen molar-refractivity contribution in [3.63, 3.8) is 0 Å². The molecule has 1 aliphatic heterocycles. The minimum atomic E-state index is -0.0143. The van der Waals surface area contributed by atoms with Crippen LogP contribution in [0.1, 0.15) is 40.7 Å². The number of hydrogen-bond donors (Lipinski definition) is 0. The van der Waals surface area contributed by atoms with Gasteiger partial charge < -0.3 is 14.2 Å². The van der Waals surface area contributed by atoms with E-state index in [1.165, 1.54) is 11.3 Å². The van der Waals surface area contributed by atoms with Gasteiger partial charge in [0.05, 0.1) is 18.4 Å². The molecule has 4 rings (SSSR count). The molecule has 6 nitrogen and oxygen atoms in total. The van der Waals surface area contributed by atoms with Crippen LogP contribution in [0.2, 0.25) is 0 Å². The molecule has 2 aromatic heterocycles. The van der Waals surface area contributed by atoms with Crippen molar-refractivity contribution >= 4 is 17.2 Å². The Balaban J connectivity index is 1.44. The maximum absolute atomic E-state index is 12.8. The molecule has 0 saturated carbocycles. The van der Waals surface area contributed by atoms with Crippen molar-refractivity contribution < 1.29 is 14.1 Å². The van der Waals surface area contributed by atoms with Gasteiger partial charge >= 0.3 is 0 Å². The monoisotopic (exact) mass is 383 g/mol. The molecule has 0 unspecified atom stereocenters. The van der Waals surface area contributed by atoms with Crippen LogP contribution in [0.3, 0.4) is 0 Å². The SMILES string of the molecule is COc1ccccc1-c1nc(C(=O)N2CCC(c3cc(C)no3)CC2)cs1. The van der Waals surface area contributed by atoms with E-state index in [9.17, 15) is 4.79 Å². The van der Waals surface area contributed by atoms with Gasteiger partial charge in [-0.25, -0.2) is 4.98 Å². The number of likely N-dealkylation sites (tertiary alicyclic amines) is 1. The summed E-state index contributed by atoms with van der Waals surface area (Å²) >= 11 is 1.46. The van der Waals surface area contributed by atoms with Gasteiger partial charge in [0, 0.05) is 30.5 Å². The second-order valence-electron chi connectivity index (χ2n) is 6.68. The van der Waals surface area contributed by atoms with E-state index in [-0.39, 0.29) is 5.91 Å². The summed E-state index contributed by atoms with van der Waals surface area (Å²) in [5.41, 5.74) is 2.30. The Kier molecular flexibility index (Phi) is 4.94. The quantitative estimate of drug-likeness (QED) is 0.677. The summed E-state index contributed by atoms with van der Waals surface area (Å²) in [5, 5.41) is 6.59. The predicted molar refractivity (Wildman–Crippen MR) is 103 cm³/mol. The van der Waals surface area contributed by atoms with Crippen molar-refractivity contribution in [2.75, 3.05) is 20.2 Å². The maximum atomic E-state index is 12.8. The third-order valence-electron chi connectivity index (χ3n) is 4.89. The van der Waals surface area contributed by atoms with E-state index in [2.05, 4.69) is 10.1 Å². The molecule has 1 saturated heterocycles. The van der Waals surface area contributed by atoms with Crippen LogP contribution in [0.15, 0.2) is 40.2 Å². The number of carbonyl (C=O) groups is 1. The van der Waals surface area contributed by atoms with Crippen LogP contribution in [-0.2, 0) is 0 Å². The zero-order valence-electron chi connectivity index (χ0n) is 15.3. The van der Waals surface area contributed by atoms with Gasteiger partial charge in [0.25, 0.3) is 5.91 Å². The number of hydrogen-bond acceptors (Lipinski definition) is 6. The molecule has 0 spiro atoms. The number of methoxy groups -OCH3 is 1. The number of aromatic nitrogens is 2. The van der Waals surface area contributed by atoms with Gasteiger partial charge in [0.15, 0.2) is 0 Å². The Morgan fingerprint density at radius 2 is 2.07 bits per heavy atom. The zero-order valence-corrected chi connectivity index (χ0v) is 16.2. The first kappa shape index (κ1) is 17.7.